The van der Waals surface area contributed by atoms with E-state index in [1.54, 1.807) is 6.08 Å². The number of rotatable bonds is 7. The first-order valence-electron chi connectivity index (χ1n) is 9.57. The van der Waals surface area contributed by atoms with Gasteiger partial charge in [0, 0.05) is 16.4 Å². The molecule has 30 heavy (non-hydrogen) atoms. The van der Waals surface area contributed by atoms with Crippen molar-refractivity contribution in [3.05, 3.63) is 58.3 Å². The van der Waals surface area contributed by atoms with Gasteiger partial charge in [-0.25, -0.2) is 0 Å². The Bertz CT molecular complexity index is 1070. The van der Waals surface area contributed by atoms with Crippen molar-refractivity contribution in [2.75, 3.05) is 6.61 Å². The van der Waals surface area contributed by atoms with E-state index in [9.17, 15) is 4.79 Å². The number of ether oxygens (including phenoxy) is 1. The van der Waals surface area contributed by atoms with Crippen molar-refractivity contribution in [1.29, 1.82) is 5.41 Å². The van der Waals surface area contributed by atoms with Gasteiger partial charge in [-0.2, -0.15) is 15.1 Å². The maximum Gasteiger partial charge on any atom is 0.283 e. The molecule has 0 bridgehead atoms. The minimum Gasteiger partial charge on any atom is -0.492 e. The van der Waals surface area contributed by atoms with Gasteiger partial charge in [0.25, 0.3) is 5.91 Å². The number of amidine groups is 2. The Morgan fingerprint density at radius 1 is 1.27 bits per heavy atom. The third-order valence-electron chi connectivity index (χ3n) is 4.53. The summed E-state index contributed by atoms with van der Waals surface area (Å²) in [5.74, 6) is 0.441. The van der Waals surface area contributed by atoms with E-state index in [1.165, 1.54) is 16.8 Å². The summed E-state index contributed by atoms with van der Waals surface area (Å²) >= 11 is 4.77. The molecule has 0 aliphatic carbocycles. The Hall–Kier alpha value is -2.65. The van der Waals surface area contributed by atoms with Crippen molar-refractivity contribution in [3.63, 3.8) is 0 Å². The predicted molar refractivity (Wildman–Crippen MR) is 124 cm³/mol. The number of thioether (sulfide) groups is 1. The first-order valence-corrected chi connectivity index (χ1v) is 11.2. The molecule has 0 spiro atoms. The first-order chi connectivity index (χ1) is 14.5. The molecule has 0 fully saturated rings. The SMILES string of the molecule is CCCC1=NN2C(=N)/C(=C/c3cccn3CCOc3ccc(Br)cc3)C(=O)N=C2S1. The maximum atomic E-state index is 12.6. The van der Waals surface area contributed by atoms with Crippen molar-refractivity contribution < 1.29 is 9.53 Å². The molecule has 0 unspecified atom stereocenters. The minimum atomic E-state index is -0.412. The van der Waals surface area contributed by atoms with Crippen molar-refractivity contribution in [2.24, 2.45) is 10.1 Å². The molecular formula is C21H20BrN5O2S. The number of nitrogens with zero attached hydrogens (tertiary/aromatic N) is 4. The number of nitrogens with one attached hydrogen (secondary N) is 1. The Morgan fingerprint density at radius 3 is 2.83 bits per heavy atom. The lowest BCUT2D eigenvalue weighted by Gasteiger charge is -2.20. The van der Waals surface area contributed by atoms with Crippen LogP contribution in [0.2, 0.25) is 0 Å². The molecule has 2 aromatic rings. The third kappa shape index (κ3) is 4.41. The number of fused-ring (bicyclic) bond motifs is 1. The average Bonchev–Trinajstić information content (AvgIpc) is 3.33. The molecule has 0 saturated carbocycles. The molecule has 4 rings (SSSR count). The monoisotopic (exact) mass is 485 g/mol. The topological polar surface area (TPSA) is 83.0 Å². The smallest absolute Gasteiger partial charge is 0.283 e. The molecule has 1 aromatic heterocycles. The number of amides is 1. The highest BCUT2D eigenvalue weighted by Crippen LogP contribution is 2.29. The third-order valence-corrected chi connectivity index (χ3v) is 6.03. The van der Waals surface area contributed by atoms with Gasteiger partial charge in [0.2, 0.25) is 5.17 Å². The Morgan fingerprint density at radius 2 is 2.07 bits per heavy atom. The van der Waals surface area contributed by atoms with Crippen LogP contribution in [0.3, 0.4) is 0 Å². The highest BCUT2D eigenvalue weighted by Gasteiger charge is 2.35. The summed E-state index contributed by atoms with van der Waals surface area (Å²) in [6.45, 7) is 3.16. The van der Waals surface area contributed by atoms with E-state index in [0.29, 0.717) is 18.3 Å². The van der Waals surface area contributed by atoms with Gasteiger partial charge in [0.1, 0.15) is 17.4 Å². The van der Waals surface area contributed by atoms with Gasteiger partial charge in [-0.05, 0) is 67.1 Å². The Balaban J connectivity index is 1.47. The molecule has 1 amide bonds. The fourth-order valence-electron chi connectivity index (χ4n) is 3.05. The van der Waals surface area contributed by atoms with Crippen molar-refractivity contribution in [2.45, 2.75) is 26.3 Å². The van der Waals surface area contributed by atoms with E-state index in [0.717, 1.165) is 33.8 Å². The maximum absolute atomic E-state index is 12.6. The van der Waals surface area contributed by atoms with E-state index < -0.39 is 5.91 Å². The van der Waals surface area contributed by atoms with Crippen LogP contribution in [0.5, 0.6) is 5.75 Å². The highest BCUT2D eigenvalue weighted by molar-refractivity contribution is 9.10. The van der Waals surface area contributed by atoms with Gasteiger partial charge >= 0.3 is 0 Å². The van der Waals surface area contributed by atoms with Crippen LogP contribution in [0.15, 0.2) is 62.7 Å². The number of aromatic nitrogens is 1. The molecule has 3 heterocycles. The van der Waals surface area contributed by atoms with E-state index >= 15 is 0 Å². The molecule has 9 heteroatoms. The Labute approximate surface area is 187 Å². The van der Waals surface area contributed by atoms with Gasteiger partial charge in [-0.3, -0.25) is 10.2 Å². The number of benzene rings is 1. The molecule has 0 atom stereocenters. The van der Waals surface area contributed by atoms with E-state index in [4.69, 9.17) is 10.1 Å². The van der Waals surface area contributed by atoms with Gasteiger partial charge in [0.05, 0.1) is 12.1 Å². The van der Waals surface area contributed by atoms with Crippen LogP contribution in [-0.4, -0.2) is 38.1 Å². The zero-order chi connectivity index (χ0) is 21.1. The second kappa shape index (κ2) is 9.01. The molecular weight excluding hydrogens is 466 g/mol. The summed E-state index contributed by atoms with van der Waals surface area (Å²) < 4.78 is 8.78. The summed E-state index contributed by atoms with van der Waals surface area (Å²) in [4.78, 5) is 16.7. The lowest BCUT2D eigenvalue weighted by Crippen LogP contribution is -2.35. The highest BCUT2D eigenvalue weighted by atomic mass is 79.9. The number of halogens is 1. The Kier molecular flexibility index (Phi) is 6.19. The lowest BCUT2D eigenvalue weighted by molar-refractivity contribution is -0.114. The van der Waals surface area contributed by atoms with Gasteiger partial charge in [0.15, 0.2) is 5.84 Å². The largest absolute Gasteiger partial charge is 0.492 e. The number of hydrogen-bond donors (Lipinski definition) is 1. The van der Waals surface area contributed by atoms with Crippen LogP contribution in [0.1, 0.15) is 25.5 Å². The van der Waals surface area contributed by atoms with Gasteiger partial charge < -0.3 is 9.30 Å². The van der Waals surface area contributed by atoms with Crippen LogP contribution in [0.4, 0.5) is 0 Å². The molecule has 0 radical (unpaired) electrons. The first kappa shape index (κ1) is 20.6. The van der Waals surface area contributed by atoms with Crippen molar-refractivity contribution >= 4 is 55.7 Å². The molecule has 0 saturated heterocycles. The summed E-state index contributed by atoms with van der Waals surface area (Å²) in [5, 5.41) is 15.7. The minimum absolute atomic E-state index is 0.0578. The molecule has 1 aromatic carbocycles. The van der Waals surface area contributed by atoms with E-state index in [2.05, 4.69) is 32.9 Å². The number of hydrazone groups is 1. The summed E-state index contributed by atoms with van der Waals surface area (Å²) in [5.41, 5.74) is 1.04. The second-order valence-electron chi connectivity index (χ2n) is 6.69. The second-order valence-corrected chi connectivity index (χ2v) is 8.65. The van der Waals surface area contributed by atoms with Crippen LogP contribution >= 0.6 is 27.7 Å². The van der Waals surface area contributed by atoms with Crippen LogP contribution in [0, 0.1) is 5.41 Å². The number of hydrogen-bond acceptors (Lipinski definition) is 5. The summed E-state index contributed by atoms with van der Waals surface area (Å²) in [7, 11) is 0. The van der Waals surface area contributed by atoms with E-state index in [-0.39, 0.29) is 11.4 Å². The lowest BCUT2D eigenvalue weighted by atomic mass is 10.1. The van der Waals surface area contributed by atoms with E-state index in [1.807, 2.05) is 47.2 Å². The quantitative estimate of drug-likeness (QED) is 0.573. The number of carbonyl (C=O) groups excluding carboxylic acids is 1. The predicted octanol–water partition coefficient (Wildman–Crippen LogP) is 4.75. The summed E-state index contributed by atoms with van der Waals surface area (Å²) in [6, 6.07) is 11.5. The zero-order valence-electron chi connectivity index (χ0n) is 16.3. The van der Waals surface area contributed by atoms with Gasteiger partial charge in [-0.1, -0.05) is 22.9 Å². The molecule has 7 nitrogen and oxygen atoms in total. The average molecular weight is 486 g/mol. The normalized spacial score (nSPS) is 17.3. The standard InChI is InChI=1S/C21H20BrN5O2S/c1-2-4-18-25-27-19(23)17(20(28)24-21(27)30-18)13-15-5-3-10-26(15)11-12-29-16-8-6-14(22)7-9-16/h3,5-10,13,23H,2,4,11-12H2,1H3/b17-13-,23-19?. The molecule has 1 N–H and O–H groups in total. The van der Waals surface area contributed by atoms with Crippen LogP contribution in [0.25, 0.3) is 6.08 Å². The zero-order valence-corrected chi connectivity index (χ0v) is 18.7. The number of carbonyl (C=O) groups is 1. The molecule has 154 valence electrons. The van der Waals surface area contributed by atoms with Gasteiger partial charge in [-0.15, -0.1) is 0 Å². The van der Waals surface area contributed by atoms with Crippen LogP contribution < -0.4 is 4.74 Å². The fraction of sp³-hybridized carbons (Fsp3) is 0.238. The van der Waals surface area contributed by atoms with Crippen LogP contribution in [-0.2, 0) is 11.3 Å². The van der Waals surface area contributed by atoms with Crippen molar-refractivity contribution in [1.82, 2.24) is 9.58 Å². The molecule has 2 aliphatic heterocycles. The summed E-state index contributed by atoms with van der Waals surface area (Å²) in [6.07, 6.45) is 5.38. The van der Waals surface area contributed by atoms with Crippen molar-refractivity contribution in [3.8, 4) is 5.75 Å². The number of aliphatic imine (C=N–C) groups is 1. The fourth-order valence-corrected chi connectivity index (χ4v) is 4.30. The molecule has 2 aliphatic rings.